The van der Waals surface area contributed by atoms with Crippen LogP contribution in [-0.4, -0.2) is 31.3 Å². The first-order valence-corrected chi connectivity index (χ1v) is 4.99. The van der Waals surface area contributed by atoms with Crippen molar-refractivity contribution < 1.29 is 0 Å². The summed E-state index contributed by atoms with van der Waals surface area (Å²) in [6.45, 7) is 6.44. The molecule has 0 aliphatic heterocycles. The van der Waals surface area contributed by atoms with E-state index >= 15 is 0 Å². The fraction of sp³-hybridized carbons (Fsp3) is 0.556. The van der Waals surface area contributed by atoms with Crippen LogP contribution in [-0.2, 0) is 0 Å². The number of nitrogens with one attached hydrogen (secondary N) is 1. The van der Waals surface area contributed by atoms with E-state index in [1.165, 1.54) is 4.63 Å². The minimum Gasteiger partial charge on any atom is -0.366 e. The van der Waals surface area contributed by atoms with Crippen molar-refractivity contribution >= 4 is 11.5 Å². The van der Waals surface area contributed by atoms with Gasteiger partial charge in [0.05, 0.1) is 0 Å². The molecule has 0 aliphatic carbocycles. The Morgan fingerprint density at radius 1 is 1.27 bits per heavy atom. The molecule has 15 heavy (non-hydrogen) atoms. The summed E-state index contributed by atoms with van der Waals surface area (Å²) in [5, 5.41) is 18.6. The Kier molecular flexibility index (Phi) is 2.49. The number of nitrogens with zero attached hydrogens (tertiary/aromatic N) is 5. The standard InChI is InChI=1S/C9H14N6/c1-6(2)7(3)10-8-4-5-9-11-13-14-15(9)12-8/h4-7H,1-3H3,(H,10,12). The number of tetrazole rings is 1. The van der Waals surface area contributed by atoms with Gasteiger partial charge in [-0.05, 0) is 35.4 Å². The number of fused-ring (bicyclic) bond motifs is 1. The molecule has 0 spiro atoms. The van der Waals surface area contributed by atoms with Gasteiger partial charge in [-0.3, -0.25) is 0 Å². The summed E-state index contributed by atoms with van der Waals surface area (Å²) in [4.78, 5) is 0. The monoisotopic (exact) mass is 206 g/mol. The molecule has 2 aromatic rings. The number of hydrogen-bond donors (Lipinski definition) is 1. The summed E-state index contributed by atoms with van der Waals surface area (Å²) in [5.41, 5.74) is 0.651. The van der Waals surface area contributed by atoms with Gasteiger partial charge in [-0.25, -0.2) is 0 Å². The van der Waals surface area contributed by atoms with Gasteiger partial charge in [0.25, 0.3) is 0 Å². The van der Waals surface area contributed by atoms with Crippen molar-refractivity contribution in [1.29, 1.82) is 0 Å². The zero-order valence-corrected chi connectivity index (χ0v) is 9.05. The van der Waals surface area contributed by atoms with Gasteiger partial charge in [-0.15, -0.1) is 14.8 Å². The van der Waals surface area contributed by atoms with E-state index in [2.05, 4.69) is 46.7 Å². The highest BCUT2D eigenvalue weighted by atomic mass is 15.6. The highest BCUT2D eigenvalue weighted by molar-refractivity contribution is 5.42. The van der Waals surface area contributed by atoms with E-state index in [4.69, 9.17) is 0 Å². The third-order valence-electron chi connectivity index (χ3n) is 2.45. The topological polar surface area (TPSA) is 68.0 Å². The van der Waals surface area contributed by atoms with Gasteiger partial charge in [0.15, 0.2) is 5.65 Å². The summed E-state index contributed by atoms with van der Waals surface area (Å²) in [7, 11) is 0. The molecule has 0 saturated heterocycles. The molecule has 0 aliphatic rings. The molecule has 0 radical (unpaired) electrons. The highest BCUT2D eigenvalue weighted by Crippen LogP contribution is 2.09. The average molecular weight is 206 g/mol. The van der Waals surface area contributed by atoms with Crippen molar-refractivity contribution in [3.8, 4) is 0 Å². The van der Waals surface area contributed by atoms with Crippen LogP contribution in [0.4, 0.5) is 5.82 Å². The number of rotatable bonds is 3. The third kappa shape index (κ3) is 2.03. The minimum atomic E-state index is 0.367. The van der Waals surface area contributed by atoms with Crippen LogP contribution in [0, 0.1) is 5.92 Å². The lowest BCUT2D eigenvalue weighted by Crippen LogP contribution is -2.22. The van der Waals surface area contributed by atoms with Crippen LogP contribution in [0.25, 0.3) is 5.65 Å². The van der Waals surface area contributed by atoms with E-state index in [-0.39, 0.29) is 0 Å². The predicted octanol–water partition coefficient (Wildman–Crippen LogP) is 0.976. The third-order valence-corrected chi connectivity index (χ3v) is 2.45. The fourth-order valence-electron chi connectivity index (χ4n) is 1.13. The minimum absolute atomic E-state index is 0.367. The summed E-state index contributed by atoms with van der Waals surface area (Å²) in [6.07, 6.45) is 0. The first-order chi connectivity index (χ1) is 7.16. The lowest BCUT2D eigenvalue weighted by atomic mass is 10.1. The molecule has 2 rings (SSSR count). The fourth-order valence-corrected chi connectivity index (χ4v) is 1.13. The van der Waals surface area contributed by atoms with E-state index in [1.54, 1.807) is 0 Å². The molecule has 0 amide bonds. The number of hydrogen-bond acceptors (Lipinski definition) is 5. The summed E-state index contributed by atoms with van der Waals surface area (Å²) < 4.78 is 1.41. The van der Waals surface area contributed by atoms with Crippen LogP contribution < -0.4 is 5.32 Å². The van der Waals surface area contributed by atoms with Crippen LogP contribution >= 0.6 is 0 Å². The molecule has 1 unspecified atom stereocenters. The molecule has 6 nitrogen and oxygen atoms in total. The van der Waals surface area contributed by atoms with Crippen LogP contribution in [0.1, 0.15) is 20.8 Å². The van der Waals surface area contributed by atoms with Crippen LogP contribution in [0.3, 0.4) is 0 Å². The maximum atomic E-state index is 4.23. The van der Waals surface area contributed by atoms with Gasteiger partial charge in [0, 0.05) is 6.04 Å². The molecule has 6 heteroatoms. The zero-order valence-electron chi connectivity index (χ0n) is 9.05. The smallest absolute Gasteiger partial charge is 0.200 e. The largest absolute Gasteiger partial charge is 0.366 e. The van der Waals surface area contributed by atoms with Gasteiger partial charge in [-0.2, -0.15) is 0 Å². The lowest BCUT2D eigenvalue weighted by molar-refractivity contribution is 0.556. The van der Waals surface area contributed by atoms with E-state index in [0.29, 0.717) is 17.6 Å². The molecule has 1 atom stereocenters. The summed E-state index contributed by atoms with van der Waals surface area (Å²) in [6, 6.07) is 4.08. The average Bonchev–Trinajstić information content (AvgIpc) is 2.64. The van der Waals surface area contributed by atoms with Gasteiger partial charge >= 0.3 is 0 Å². The lowest BCUT2D eigenvalue weighted by Gasteiger charge is -2.17. The predicted molar refractivity (Wildman–Crippen MR) is 56.5 cm³/mol. The first kappa shape index (κ1) is 9.82. The molecular formula is C9H14N6. The summed E-state index contributed by atoms with van der Waals surface area (Å²) in [5.74, 6) is 1.34. The highest BCUT2D eigenvalue weighted by Gasteiger charge is 2.08. The molecular weight excluding hydrogens is 192 g/mol. The second-order valence-corrected chi connectivity index (χ2v) is 3.92. The second kappa shape index (κ2) is 3.80. The molecule has 80 valence electrons. The Morgan fingerprint density at radius 2 is 2.07 bits per heavy atom. The Hall–Kier alpha value is -1.72. The van der Waals surface area contributed by atoms with Crippen molar-refractivity contribution in [2.45, 2.75) is 26.8 Å². The normalized spacial score (nSPS) is 13.3. The molecule has 2 heterocycles. The van der Waals surface area contributed by atoms with Crippen molar-refractivity contribution in [3.63, 3.8) is 0 Å². The molecule has 2 aromatic heterocycles. The van der Waals surface area contributed by atoms with Gasteiger partial charge in [0.1, 0.15) is 5.82 Å². The SMILES string of the molecule is CC(C)C(C)Nc1ccc2nnnn2n1. The molecule has 0 fully saturated rings. The van der Waals surface area contributed by atoms with Crippen molar-refractivity contribution in [1.82, 2.24) is 25.3 Å². The zero-order chi connectivity index (χ0) is 10.8. The Labute approximate surface area is 87.7 Å². The molecule has 0 bridgehead atoms. The van der Waals surface area contributed by atoms with Crippen LogP contribution in [0.2, 0.25) is 0 Å². The van der Waals surface area contributed by atoms with Gasteiger partial charge in [-0.1, -0.05) is 13.8 Å². The van der Waals surface area contributed by atoms with Gasteiger partial charge in [0.2, 0.25) is 0 Å². The van der Waals surface area contributed by atoms with E-state index in [1.807, 2.05) is 12.1 Å². The van der Waals surface area contributed by atoms with Gasteiger partial charge < -0.3 is 5.32 Å². The van der Waals surface area contributed by atoms with E-state index in [9.17, 15) is 0 Å². The van der Waals surface area contributed by atoms with Crippen molar-refractivity contribution in [3.05, 3.63) is 12.1 Å². The van der Waals surface area contributed by atoms with Crippen molar-refractivity contribution in [2.24, 2.45) is 5.92 Å². The summed E-state index contributed by atoms with van der Waals surface area (Å²) >= 11 is 0. The molecule has 0 saturated carbocycles. The number of aromatic nitrogens is 5. The van der Waals surface area contributed by atoms with Crippen LogP contribution in [0.5, 0.6) is 0 Å². The Morgan fingerprint density at radius 3 is 2.80 bits per heavy atom. The molecule has 0 aromatic carbocycles. The molecule has 1 N–H and O–H groups in total. The first-order valence-electron chi connectivity index (χ1n) is 4.99. The maximum absolute atomic E-state index is 4.23. The Balaban J connectivity index is 2.21. The Bertz CT molecular complexity index is 449. The second-order valence-electron chi connectivity index (χ2n) is 3.92. The maximum Gasteiger partial charge on any atom is 0.200 e. The quantitative estimate of drug-likeness (QED) is 0.810. The van der Waals surface area contributed by atoms with E-state index < -0.39 is 0 Å². The van der Waals surface area contributed by atoms with E-state index in [0.717, 1.165) is 5.82 Å². The van der Waals surface area contributed by atoms with Crippen molar-refractivity contribution in [2.75, 3.05) is 5.32 Å². The number of anilines is 1. The van der Waals surface area contributed by atoms with Crippen LogP contribution in [0.15, 0.2) is 12.1 Å².